The van der Waals surface area contributed by atoms with Gasteiger partial charge in [0.2, 0.25) is 0 Å². The Balaban J connectivity index is 1.53. The highest BCUT2D eigenvalue weighted by Gasteiger charge is 2.23. The second kappa shape index (κ2) is 7.36. The number of hydrogen-bond acceptors (Lipinski definition) is 4. The number of carbonyl (C=O) groups is 2. The van der Waals surface area contributed by atoms with E-state index in [1.54, 1.807) is 13.0 Å². The molecule has 3 rings (SSSR count). The number of amides is 1. The van der Waals surface area contributed by atoms with Crippen LogP contribution >= 0.6 is 22.9 Å². The van der Waals surface area contributed by atoms with Crippen molar-refractivity contribution in [2.24, 2.45) is 0 Å². The average molecular weight is 364 g/mol. The van der Waals surface area contributed by atoms with Crippen LogP contribution in [0.4, 0.5) is 0 Å². The minimum atomic E-state index is -0.850. The maximum absolute atomic E-state index is 12.2. The summed E-state index contributed by atoms with van der Waals surface area (Å²) in [6.45, 7) is 1.87. The minimum absolute atomic E-state index is 0.299. The predicted molar refractivity (Wildman–Crippen MR) is 94.5 cm³/mol. The molecule has 0 radical (unpaired) electrons. The van der Waals surface area contributed by atoms with Crippen molar-refractivity contribution in [1.82, 2.24) is 5.32 Å². The Labute approximate surface area is 149 Å². The third-order valence-corrected chi connectivity index (χ3v) is 5.60. The van der Waals surface area contributed by atoms with Crippen LogP contribution in [0.2, 0.25) is 5.02 Å². The molecule has 1 N–H and O–H groups in total. The van der Waals surface area contributed by atoms with E-state index in [2.05, 4.69) is 5.32 Å². The van der Waals surface area contributed by atoms with Gasteiger partial charge in [-0.2, -0.15) is 0 Å². The summed E-state index contributed by atoms with van der Waals surface area (Å²) in [6.07, 6.45) is 2.35. The van der Waals surface area contributed by atoms with Gasteiger partial charge in [-0.1, -0.05) is 29.8 Å². The number of carbonyl (C=O) groups excluding carboxylic acids is 2. The molecule has 1 atom stereocenters. The first-order valence-electron chi connectivity index (χ1n) is 7.88. The first kappa shape index (κ1) is 17.0. The van der Waals surface area contributed by atoms with Gasteiger partial charge in [-0.05, 0) is 49.4 Å². The zero-order valence-corrected chi connectivity index (χ0v) is 14.9. The van der Waals surface area contributed by atoms with Gasteiger partial charge in [-0.15, -0.1) is 11.3 Å². The Morgan fingerprint density at radius 3 is 2.88 bits per heavy atom. The molecule has 0 unspecified atom stereocenters. The van der Waals surface area contributed by atoms with Gasteiger partial charge in [0.15, 0.2) is 6.10 Å². The van der Waals surface area contributed by atoms with E-state index in [0.717, 1.165) is 24.8 Å². The van der Waals surface area contributed by atoms with E-state index in [1.165, 1.54) is 21.8 Å². The van der Waals surface area contributed by atoms with Crippen LogP contribution in [-0.4, -0.2) is 18.0 Å². The number of halogens is 1. The lowest BCUT2D eigenvalue weighted by molar-refractivity contribution is -0.129. The fraction of sp³-hybridized carbons (Fsp3) is 0.333. The summed E-state index contributed by atoms with van der Waals surface area (Å²) in [5, 5.41) is 3.33. The van der Waals surface area contributed by atoms with Crippen molar-refractivity contribution >= 4 is 34.8 Å². The summed E-state index contributed by atoms with van der Waals surface area (Å²) in [5.74, 6) is -0.776. The molecular formula is C18H18ClNO3S. The lowest BCUT2D eigenvalue weighted by Gasteiger charge is -2.13. The molecule has 1 aliphatic carbocycles. The van der Waals surface area contributed by atoms with Crippen LogP contribution in [0.1, 0.15) is 39.0 Å². The van der Waals surface area contributed by atoms with Gasteiger partial charge in [0.25, 0.3) is 5.91 Å². The molecule has 1 aromatic heterocycles. The van der Waals surface area contributed by atoms with E-state index >= 15 is 0 Å². The standard InChI is InChI=1S/C18H18ClNO3S/c1-11(17(21)20-10-13-5-2-3-7-14(13)19)23-18(22)16-9-12-6-4-8-15(12)24-16/h2-3,5,7,9,11H,4,6,8,10H2,1H3,(H,20,21)/t11-/m0/s1. The summed E-state index contributed by atoms with van der Waals surface area (Å²) in [7, 11) is 0. The molecule has 0 bridgehead atoms. The third kappa shape index (κ3) is 3.79. The lowest BCUT2D eigenvalue weighted by Crippen LogP contribution is -2.35. The van der Waals surface area contributed by atoms with Crippen LogP contribution in [0.25, 0.3) is 0 Å². The Morgan fingerprint density at radius 1 is 1.33 bits per heavy atom. The molecule has 0 aliphatic heterocycles. The van der Waals surface area contributed by atoms with Crippen LogP contribution in [0.3, 0.4) is 0 Å². The number of ether oxygens (including phenoxy) is 1. The highest BCUT2D eigenvalue weighted by Crippen LogP contribution is 2.31. The van der Waals surface area contributed by atoms with Crippen molar-refractivity contribution in [2.45, 2.75) is 38.8 Å². The largest absolute Gasteiger partial charge is 0.448 e. The molecule has 0 saturated carbocycles. The number of nitrogens with one attached hydrogen (secondary N) is 1. The summed E-state index contributed by atoms with van der Waals surface area (Å²) in [6, 6.07) is 9.18. The average Bonchev–Trinajstić information content (AvgIpc) is 3.15. The molecule has 126 valence electrons. The molecule has 4 nitrogen and oxygen atoms in total. The molecule has 1 heterocycles. The predicted octanol–water partition coefficient (Wildman–Crippen LogP) is 3.75. The number of esters is 1. The summed E-state index contributed by atoms with van der Waals surface area (Å²) < 4.78 is 5.28. The number of thiophene rings is 1. The number of aryl methyl sites for hydroxylation is 2. The second-order valence-electron chi connectivity index (χ2n) is 5.77. The molecule has 1 aromatic carbocycles. The number of fused-ring (bicyclic) bond motifs is 1. The zero-order chi connectivity index (χ0) is 17.1. The SMILES string of the molecule is C[C@H](OC(=O)c1cc2c(s1)CCC2)C(=O)NCc1ccccc1Cl. The number of benzene rings is 1. The summed E-state index contributed by atoms with van der Waals surface area (Å²) >= 11 is 7.53. The number of hydrogen-bond donors (Lipinski definition) is 1. The molecule has 1 aliphatic rings. The van der Waals surface area contributed by atoms with Crippen LogP contribution in [-0.2, 0) is 28.9 Å². The van der Waals surface area contributed by atoms with E-state index in [9.17, 15) is 9.59 Å². The topological polar surface area (TPSA) is 55.4 Å². The molecule has 2 aromatic rings. The van der Waals surface area contributed by atoms with Crippen LogP contribution < -0.4 is 5.32 Å². The van der Waals surface area contributed by atoms with Crippen LogP contribution in [0.15, 0.2) is 30.3 Å². The van der Waals surface area contributed by atoms with Crippen molar-refractivity contribution < 1.29 is 14.3 Å². The zero-order valence-electron chi connectivity index (χ0n) is 13.3. The molecule has 0 spiro atoms. The molecule has 1 amide bonds. The monoisotopic (exact) mass is 363 g/mol. The van der Waals surface area contributed by atoms with Gasteiger partial charge in [0.05, 0.1) is 0 Å². The molecule has 6 heteroatoms. The van der Waals surface area contributed by atoms with E-state index in [0.29, 0.717) is 16.4 Å². The van der Waals surface area contributed by atoms with E-state index in [1.807, 2.05) is 24.3 Å². The molecule has 0 fully saturated rings. The van der Waals surface area contributed by atoms with E-state index < -0.39 is 12.1 Å². The van der Waals surface area contributed by atoms with Gasteiger partial charge >= 0.3 is 5.97 Å². The second-order valence-corrected chi connectivity index (χ2v) is 7.31. The normalized spacial score (nSPS) is 14.1. The van der Waals surface area contributed by atoms with Gasteiger partial charge < -0.3 is 10.1 Å². The fourth-order valence-corrected chi connectivity index (χ4v) is 4.01. The van der Waals surface area contributed by atoms with Crippen LogP contribution in [0.5, 0.6) is 0 Å². The van der Waals surface area contributed by atoms with Gasteiger partial charge in [-0.3, -0.25) is 4.79 Å². The Bertz CT molecular complexity index is 750. The first-order chi connectivity index (χ1) is 11.5. The summed E-state index contributed by atoms with van der Waals surface area (Å²) in [5.41, 5.74) is 2.06. The molecular weight excluding hydrogens is 346 g/mol. The number of rotatable bonds is 5. The minimum Gasteiger partial charge on any atom is -0.448 e. The Morgan fingerprint density at radius 2 is 2.12 bits per heavy atom. The van der Waals surface area contributed by atoms with Gasteiger partial charge in [0.1, 0.15) is 4.88 Å². The van der Waals surface area contributed by atoms with E-state index in [4.69, 9.17) is 16.3 Å². The molecule has 24 heavy (non-hydrogen) atoms. The highest BCUT2D eigenvalue weighted by atomic mass is 35.5. The van der Waals surface area contributed by atoms with Crippen molar-refractivity contribution in [3.63, 3.8) is 0 Å². The Hall–Kier alpha value is -1.85. The van der Waals surface area contributed by atoms with E-state index in [-0.39, 0.29) is 5.91 Å². The van der Waals surface area contributed by atoms with Crippen molar-refractivity contribution in [2.75, 3.05) is 0 Å². The van der Waals surface area contributed by atoms with Crippen molar-refractivity contribution in [1.29, 1.82) is 0 Å². The van der Waals surface area contributed by atoms with Crippen molar-refractivity contribution in [3.8, 4) is 0 Å². The smallest absolute Gasteiger partial charge is 0.349 e. The van der Waals surface area contributed by atoms with Gasteiger partial charge in [-0.25, -0.2) is 4.79 Å². The van der Waals surface area contributed by atoms with Gasteiger partial charge in [0, 0.05) is 16.4 Å². The van der Waals surface area contributed by atoms with Crippen LogP contribution in [0, 0.1) is 0 Å². The Kier molecular flexibility index (Phi) is 5.21. The molecule has 0 saturated heterocycles. The maximum atomic E-state index is 12.2. The summed E-state index contributed by atoms with van der Waals surface area (Å²) in [4.78, 5) is 26.1. The fourth-order valence-electron chi connectivity index (χ4n) is 2.67. The third-order valence-electron chi connectivity index (χ3n) is 4.01. The first-order valence-corrected chi connectivity index (χ1v) is 9.07. The van der Waals surface area contributed by atoms with Crippen molar-refractivity contribution in [3.05, 3.63) is 56.2 Å². The maximum Gasteiger partial charge on any atom is 0.349 e. The highest BCUT2D eigenvalue weighted by molar-refractivity contribution is 7.14. The lowest BCUT2D eigenvalue weighted by atomic mass is 10.2. The quantitative estimate of drug-likeness (QED) is 0.823.